The van der Waals surface area contributed by atoms with Gasteiger partial charge in [0.2, 0.25) is 5.91 Å². The molecule has 4 N–H and O–H groups in total. The lowest BCUT2D eigenvalue weighted by molar-refractivity contribution is -0.133. The smallest absolute Gasteiger partial charge is 0.239 e. The summed E-state index contributed by atoms with van der Waals surface area (Å²) in [7, 11) is 0. The molecule has 1 amide bonds. The number of piperidine rings is 1. The zero-order valence-corrected chi connectivity index (χ0v) is 13.7. The maximum absolute atomic E-state index is 12.2. The van der Waals surface area contributed by atoms with Gasteiger partial charge in [0.1, 0.15) is 0 Å². The summed E-state index contributed by atoms with van der Waals surface area (Å²) in [5, 5.41) is 0. The number of aryl methyl sites for hydroxylation is 1. The molecule has 120 valence electrons. The van der Waals surface area contributed by atoms with Gasteiger partial charge in [-0.2, -0.15) is 0 Å². The third-order valence-corrected chi connectivity index (χ3v) is 3.67. The number of likely N-dealkylation sites (tertiary alicyclic amines) is 1. The minimum absolute atomic E-state index is 0. The van der Waals surface area contributed by atoms with Gasteiger partial charge in [-0.1, -0.05) is 30.3 Å². The number of halogens is 2. The van der Waals surface area contributed by atoms with Gasteiger partial charge in [-0.15, -0.1) is 24.8 Å². The molecule has 1 aromatic carbocycles. The van der Waals surface area contributed by atoms with Gasteiger partial charge in [0.25, 0.3) is 0 Å². The molecule has 0 spiro atoms. The van der Waals surface area contributed by atoms with Crippen molar-refractivity contribution in [1.29, 1.82) is 0 Å². The molecule has 0 bridgehead atoms. The predicted octanol–water partition coefficient (Wildman–Crippen LogP) is 1.74. The van der Waals surface area contributed by atoms with Crippen LogP contribution >= 0.6 is 24.8 Å². The highest BCUT2D eigenvalue weighted by Crippen LogP contribution is 2.11. The molecule has 0 aliphatic carbocycles. The molecular weight excluding hydrogens is 309 g/mol. The minimum Gasteiger partial charge on any atom is -0.340 e. The van der Waals surface area contributed by atoms with Gasteiger partial charge < -0.3 is 16.4 Å². The van der Waals surface area contributed by atoms with Crippen LogP contribution in [0.25, 0.3) is 0 Å². The zero-order chi connectivity index (χ0) is 13.7. The summed E-state index contributed by atoms with van der Waals surface area (Å²) in [6, 6.07) is 9.83. The molecule has 4 nitrogen and oxygen atoms in total. The van der Waals surface area contributed by atoms with Gasteiger partial charge >= 0.3 is 0 Å². The Kier molecular flexibility index (Phi) is 9.62. The van der Waals surface area contributed by atoms with Crippen LogP contribution in [-0.4, -0.2) is 36.0 Å². The molecule has 1 aliphatic rings. The summed E-state index contributed by atoms with van der Waals surface area (Å²) in [4.78, 5) is 14.0. The zero-order valence-electron chi connectivity index (χ0n) is 12.1. The van der Waals surface area contributed by atoms with Crippen LogP contribution in [0.4, 0.5) is 0 Å². The third kappa shape index (κ3) is 6.22. The van der Waals surface area contributed by atoms with E-state index in [2.05, 4.69) is 12.1 Å². The van der Waals surface area contributed by atoms with Crippen LogP contribution in [0.3, 0.4) is 0 Å². The molecule has 21 heavy (non-hydrogen) atoms. The fourth-order valence-corrected chi connectivity index (χ4v) is 2.53. The van der Waals surface area contributed by atoms with Crippen molar-refractivity contribution < 1.29 is 4.79 Å². The average Bonchev–Trinajstić information content (AvgIpc) is 2.45. The average molecular weight is 334 g/mol. The highest BCUT2D eigenvalue weighted by atomic mass is 35.5. The van der Waals surface area contributed by atoms with E-state index in [4.69, 9.17) is 11.5 Å². The van der Waals surface area contributed by atoms with E-state index in [1.54, 1.807) is 0 Å². The van der Waals surface area contributed by atoms with E-state index in [0.717, 1.165) is 25.8 Å². The fraction of sp³-hybridized carbons (Fsp3) is 0.533. The van der Waals surface area contributed by atoms with Crippen molar-refractivity contribution in [3.8, 4) is 0 Å². The lowest BCUT2D eigenvalue weighted by Gasteiger charge is -2.32. The Bertz CT molecular complexity index is 417. The molecule has 1 aliphatic heterocycles. The van der Waals surface area contributed by atoms with Crippen molar-refractivity contribution in [1.82, 2.24) is 4.90 Å². The number of hydrogen-bond donors (Lipinski definition) is 2. The summed E-state index contributed by atoms with van der Waals surface area (Å²) in [6.45, 7) is 1.45. The van der Waals surface area contributed by atoms with Crippen LogP contribution in [0.1, 0.15) is 24.8 Å². The van der Waals surface area contributed by atoms with Gasteiger partial charge in [-0.25, -0.2) is 0 Å². The van der Waals surface area contributed by atoms with E-state index in [-0.39, 0.29) is 36.8 Å². The SMILES string of the molecule is Cl.Cl.N[C@@H]1CCCN(C(=O)[C@@H](N)CCc2ccccc2)C1. The van der Waals surface area contributed by atoms with E-state index in [0.29, 0.717) is 13.0 Å². The topological polar surface area (TPSA) is 72.3 Å². The third-order valence-electron chi connectivity index (χ3n) is 3.67. The maximum Gasteiger partial charge on any atom is 0.239 e. The molecule has 1 heterocycles. The van der Waals surface area contributed by atoms with E-state index >= 15 is 0 Å². The quantitative estimate of drug-likeness (QED) is 0.881. The second-order valence-corrected chi connectivity index (χ2v) is 5.32. The van der Waals surface area contributed by atoms with Crippen LogP contribution in [0.2, 0.25) is 0 Å². The Labute approximate surface area is 139 Å². The first kappa shape index (κ1) is 20.2. The maximum atomic E-state index is 12.2. The first-order chi connectivity index (χ1) is 9.16. The van der Waals surface area contributed by atoms with Crippen LogP contribution < -0.4 is 11.5 Å². The Balaban J connectivity index is 0.00000200. The molecule has 1 fully saturated rings. The summed E-state index contributed by atoms with van der Waals surface area (Å²) in [5.41, 5.74) is 13.1. The molecule has 0 radical (unpaired) electrons. The number of hydrogen-bond acceptors (Lipinski definition) is 3. The number of nitrogens with zero attached hydrogens (tertiary/aromatic N) is 1. The molecule has 1 aromatic rings. The molecular formula is C15H25Cl2N3O. The second kappa shape index (κ2) is 10.0. The second-order valence-electron chi connectivity index (χ2n) is 5.32. The van der Waals surface area contributed by atoms with Crippen molar-refractivity contribution in [2.45, 2.75) is 37.8 Å². The number of nitrogens with two attached hydrogens (primary N) is 2. The van der Waals surface area contributed by atoms with Gasteiger partial charge in [-0.3, -0.25) is 4.79 Å². The van der Waals surface area contributed by atoms with Crippen molar-refractivity contribution in [3.05, 3.63) is 35.9 Å². The summed E-state index contributed by atoms with van der Waals surface area (Å²) >= 11 is 0. The van der Waals surface area contributed by atoms with E-state index in [9.17, 15) is 4.79 Å². The van der Waals surface area contributed by atoms with Crippen LogP contribution in [0, 0.1) is 0 Å². The van der Waals surface area contributed by atoms with Crippen LogP contribution in [0.5, 0.6) is 0 Å². The van der Waals surface area contributed by atoms with Crippen molar-refractivity contribution >= 4 is 30.7 Å². The molecule has 6 heteroatoms. The van der Waals surface area contributed by atoms with E-state index < -0.39 is 6.04 Å². The van der Waals surface area contributed by atoms with Crippen molar-refractivity contribution in [2.75, 3.05) is 13.1 Å². The summed E-state index contributed by atoms with van der Waals surface area (Å²) in [5.74, 6) is 0.0473. The predicted molar refractivity (Wildman–Crippen MR) is 91.0 cm³/mol. The van der Waals surface area contributed by atoms with E-state index in [1.807, 2.05) is 23.1 Å². The van der Waals surface area contributed by atoms with Gasteiger partial charge in [0, 0.05) is 19.1 Å². The molecule has 0 saturated carbocycles. The Morgan fingerprint density at radius 3 is 2.57 bits per heavy atom. The molecule has 1 saturated heterocycles. The summed E-state index contributed by atoms with van der Waals surface area (Å²) < 4.78 is 0. The molecule has 2 rings (SSSR count). The van der Waals surface area contributed by atoms with Gasteiger partial charge in [-0.05, 0) is 31.2 Å². The van der Waals surface area contributed by atoms with Gasteiger partial charge in [0.15, 0.2) is 0 Å². The fourth-order valence-electron chi connectivity index (χ4n) is 2.53. The highest BCUT2D eigenvalue weighted by Gasteiger charge is 2.25. The normalized spacial score (nSPS) is 19.1. The molecule has 0 aromatic heterocycles. The largest absolute Gasteiger partial charge is 0.340 e. The standard InChI is InChI=1S/C15H23N3O.2ClH/c16-13-7-4-10-18(11-13)15(19)14(17)9-8-12-5-2-1-3-6-12;;/h1-3,5-6,13-14H,4,7-11,16-17H2;2*1H/t13-,14+;;/m1../s1. The number of carbonyl (C=O) groups is 1. The number of rotatable bonds is 4. The van der Waals surface area contributed by atoms with Crippen molar-refractivity contribution in [3.63, 3.8) is 0 Å². The Morgan fingerprint density at radius 1 is 1.29 bits per heavy atom. The lowest BCUT2D eigenvalue weighted by atomic mass is 10.0. The Morgan fingerprint density at radius 2 is 1.95 bits per heavy atom. The monoisotopic (exact) mass is 333 g/mol. The van der Waals surface area contributed by atoms with E-state index in [1.165, 1.54) is 5.56 Å². The molecule has 0 unspecified atom stereocenters. The first-order valence-corrected chi connectivity index (χ1v) is 7.00. The highest BCUT2D eigenvalue weighted by molar-refractivity contribution is 5.85. The Hall–Kier alpha value is -0.810. The summed E-state index contributed by atoms with van der Waals surface area (Å²) in [6.07, 6.45) is 3.52. The first-order valence-electron chi connectivity index (χ1n) is 7.00. The molecule has 2 atom stereocenters. The number of benzene rings is 1. The lowest BCUT2D eigenvalue weighted by Crippen LogP contribution is -2.51. The van der Waals surface area contributed by atoms with Crippen LogP contribution in [-0.2, 0) is 11.2 Å². The van der Waals surface area contributed by atoms with Crippen LogP contribution in [0.15, 0.2) is 30.3 Å². The number of carbonyl (C=O) groups excluding carboxylic acids is 1. The minimum atomic E-state index is -0.412. The van der Waals surface area contributed by atoms with Crippen molar-refractivity contribution in [2.24, 2.45) is 11.5 Å². The number of amides is 1. The van der Waals surface area contributed by atoms with Gasteiger partial charge in [0.05, 0.1) is 6.04 Å².